The Kier molecular flexibility index (Phi) is 4.61. The van der Waals surface area contributed by atoms with Crippen LogP contribution >= 0.6 is 0 Å². The molecular formula is C21H23N3O2. The highest BCUT2D eigenvalue weighted by atomic mass is 16.2. The molecule has 0 radical (unpaired) electrons. The van der Waals surface area contributed by atoms with Crippen LogP contribution < -0.4 is 15.5 Å². The molecule has 0 saturated carbocycles. The number of hydrogen-bond donors (Lipinski definition) is 2. The third-order valence-electron chi connectivity index (χ3n) is 5.19. The van der Waals surface area contributed by atoms with E-state index in [0.717, 1.165) is 42.6 Å². The minimum atomic E-state index is -0.109. The van der Waals surface area contributed by atoms with Gasteiger partial charge in [-0.2, -0.15) is 0 Å². The molecule has 2 N–H and O–H groups in total. The number of nitrogens with one attached hydrogen (secondary N) is 2. The predicted molar refractivity (Wildman–Crippen MR) is 103 cm³/mol. The summed E-state index contributed by atoms with van der Waals surface area (Å²) in [7, 11) is 0. The lowest BCUT2D eigenvalue weighted by molar-refractivity contribution is -0.117. The van der Waals surface area contributed by atoms with Crippen molar-refractivity contribution in [2.45, 2.75) is 31.6 Å². The summed E-state index contributed by atoms with van der Waals surface area (Å²) in [5, 5.41) is 5.90. The Balaban J connectivity index is 1.52. The van der Waals surface area contributed by atoms with Crippen LogP contribution in [0.1, 0.15) is 36.3 Å². The van der Waals surface area contributed by atoms with Crippen LogP contribution in [-0.2, 0) is 11.2 Å². The largest absolute Gasteiger partial charge is 0.338 e. The van der Waals surface area contributed by atoms with Crippen molar-refractivity contribution in [3.63, 3.8) is 0 Å². The maximum Gasteiger partial charge on any atom is 0.321 e. The Morgan fingerprint density at radius 1 is 1.12 bits per heavy atom. The molecule has 0 spiro atoms. The van der Waals surface area contributed by atoms with Gasteiger partial charge in [0, 0.05) is 24.5 Å². The first-order chi connectivity index (χ1) is 12.7. The molecule has 1 aliphatic carbocycles. The normalized spacial score (nSPS) is 19.5. The summed E-state index contributed by atoms with van der Waals surface area (Å²) >= 11 is 0. The fourth-order valence-electron chi connectivity index (χ4n) is 3.88. The smallest absolute Gasteiger partial charge is 0.321 e. The van der Waals surface area contributed by atoms with Crippen LogP contribution in [0.15, 0.2) is 48.5 Å². The van der Waals surface area contributed by atoms with Gasteiger partial charge in [-0.15, -0.1) is 0 Å². The van der Waals surface area contributed by atoms with Crippen LogP contribution in [0.3, 0.4) is 0 Å². The van der Waals surface area contributed by atoms with Gasteiger partial charge in [-0.1, -0.05) is 30.3 Å². The minimum absolute atomic E-state index is 0.0254. The number of amides is 3. The van der Waals surface area contributed by atoms with E-state index in [1.54, 1.807) is 4.90 Å². The van der Waals surface area contributed by atoms with Gasteiger partial charge in [0.1, 0.15) is 0 Å². The van der Waals surface area contributed by atoms with Crippen molar-refractivity contribution in [1.29, 1.82) is 0 Å². The predicted octanol–water partition coefficient (Wildman–Crippen LogP) is 3.66. The molecule has 1 fully saturated rings. The molecule has 1 heterocycles. The van der Waals surface area contributed by atoms with Gasteiger partial charge in [0.15, 0.2) is 0 Å². The van der Waals surface area contributed by atoms with Gasteiger partial charge in [0.25, 0.3) is 0 Å². The van der Waals surface area contributed by atoms with Crippen molar-refractivity contribution >= 4 is 23.3 Å². The van der Waals surface area contributed by atoms with Gasteiger partial charge in [-0.3, -0.25) is 9.69 Å². The molecule has 134 valence electrons. The first-order valence-corrected chi connectivity index (χ1v) is 9.26. The van der Waals surface area contributed by atoms with Crippen LogP contribution in [0.5, 0.6) is 0 Å². The molecule has 0 bridgehead atoms. The van der Waals surface area contributed by atoms with Crippen molar-refractivity contribution in [1.82, 2.24) is 5.32 Å². The summed E-state index contributed by atoms with van der Waals surface area (Å²) in [4.78, 5) is 26.6. The Morgan fingerprint density at radius 2 is 2.00 bits per heavy atom. The van der Waals surface area contributed by atoms with Crippen molar-refractivity contribution in [2.24, 2.45) is 0 Å². The van der Waals surface area contributed by atoms with Gasteiger partial charge < -0.3 is 10.6 Å². The lowest BCUT2D eigenvalue weighted by Crippen LogP contribution is -2.46. The monoisotopic (exact) mass is 349 g/mol. The molecule has 1 aliphatic heterocycles. The number of benzene rings is 2. The molecule has 2 aromatic carbocycles. The molecule has 3 amide bonds. The van der Waals surface area contributed by atoms with Crippen LogP contribution in [0.4, 0.5) is 16.2 Å². The average Bonchev–Trinajstić information content (AvgIpc) is 2.68. The highest BCUT2D eigenvalue weighted by molar-refractivity contribution is 5.98. The number of nitrogens with zero attached hydrogens (tertiary/aromatic N) is 1. The fraction of sp³-hybridized carbons (Fsp3) is 0.333. The summed E-state index contributed by atoms with van der Waals surface area (Å²) < 4.78 is 0. The van der Waals surface area contributed by atoms with Crippen LogP contribution in [0.25, 0.3) is 0 Å². The maximum atomic E-state index is 12.9. The van der Waals surface area contributed by atoms with Crippen molar-refractivity contribution in [3.8, 4) is 0 Å². The molecule has 2 aliphatic rings. The summed E-state index contributed by atoms with van der Waals surface area (Å²) in [6.07, 6.45) is 3.86. The molecule has 1 atom stereocenters. The summed E-state index contributed by atoms with van der Waals surface area (Å²) in [5.41, 5.74) is 3.96. The second-order valence-corrected chi connectivity index (χ2v) is 6.92. The third-order valence-corrected chi connectivity index (χ3v) is 5.19. The average molecular weight is 349 g/mol. The standard InChI is InChI=1S/C21H23N3O2/c25-20(19-11-3-7-15-6-1-2-10-18(15)19)23-16-8-4-9-17(14-16)24-13-5-12-22-21(24)26/h1-2,4,6,8-10,14,19H,3,5,7,11-13H2,(H,22,26)(H,23,25). The lowest BCUT2D eigenvalue weighted by Gasteiger charge is -2.28. The first-order valence-electron chi connectivity index (χ1n) is 9.26. The molecule has 1 unspecified atom stereocenters. The number of fused-ring (bicyclic) bond motifs is 1. The molecule has 5 heteroatoms. The molecule has 5 nitrogen and oxygen atoms in total. The van der Waals surface area contributed by atoms with E-state index in [0.29, 0.717) is 13.1 Å². The number of hydrogen-bond acceptors (Lipinski definition) is 2. The summed E-state index contributed by atoms with van der Waals surface area (Å²) in [6.45, 7) is 1.41. The Labute approximate surface area is 153 Å². The van der Waals surface area contributed by atoms with E-state index in [-0.39, 0.29) is 17.9 Å². The Bertz CT molecular complexity index is 834. The van der Waals surface area contributed by atoms with E-state index in [9.17, 15) is 9.59 Å². The second kappa shape index (κ2) is 7.20. The van der Waals surface area contributed by atoms with Crippen LogP contribution in [0.2, 0.25) is 0 Å². The minimum Gasteiger partial charge on any atom is -0.338 e. The zero-order chi connectivity index (χ0) is 17.9. The first kappa shape index (κ1) is 16.6. The number of rotatable bonds is 3. The van der Waals surface area contributed by atoms with Gasteiger partial charge in [-0.25, -0.2) is 4.79 Å². The van der Waals surface area contributed by atoms with E-state index in [4.69, 9.17) is 0 Å². The third kappa shape index (κ3) is 3.29. The van der Waals surface area contributed by atoms with Gasteiger partial charge in [0.05, 0.1) is 5.92 Å². The summed E-state index contributed by atoms with van der Waals surface area (Å²) in [6, 6.07) is 15.7. The Hall–Kier alpha value is -2.82. The van der Waals surface area contributed by atoms with E-state index in [2.05, 4.69) is 22.8 Å². The van der Waals surface area contributed by atoms with Crippen molar-refractivity contribution in [2.75, 3.05) is 23.3 Å². The number of anilines is 2. The highest BCUT2D eigenvalue weighted by Gasteiger charge is 2.26. The quantitative estimate of drug-likeness (QED) is 0.888. The number of carbonyl (C=O) groups is 2. The van der Waals surface area contributed by atoms with E-state index in [1.165, 1.54) is 5.56 Å². The van der Waals surface area contributed by atoms with Gasteiger partial charge in [0.2, 0.25) is 5.91 Å². The zero-order valence-electron chi connectivity index (χ0n) is 14.7. The number of aryl methyl sites for hydroxylation is 1. The molecule has 4 rings (SSSR count). The highest BCUT2D eigenvalue weighted by Crippen LogP contribution is 2.32. The number of urea groups is 1. The molecular weight excluding hydrogens is 326 g/mol. The Morgan fingerprint density at radius 3 is 2.88 bits per heavy atom. The number of carbonyl (C=O) groups excluding carboxylic acids is 2. The SMILES string of the molecule is O=C(Nc1cccc(N2CCCNC2=O)c1)C1CCCc2ccccc21. The maximum absolute atomic E-state index is 12.9. The zero-order valence-corrected chi connectivity index (χ0v) is 14.7. The van der Waals surface area contributed by atoms with E-state index < -0.39 is 0 Å². The fourth-order valence-corrected chi connectivity index (χ4v) is 3.88. The molecule has 2 aromatic rings. The lowest BCUT2D eigenvalue weighted by atomic mass is 9.82. The van der Waals surface area contributed by atoms with Crippen LogP contribution in [-0.4, -0.2) is 25.0 Å². The van der Waals surface area contributed by atoms with Gasteiger partial charge >= 0.3 is 6.03 Å². The van der Waals surface area contributed by atoms with E-state index in [1.807, 2.05) is 36.4 Å². The van der Waals surface area contributed by atoms with Crippen LogP contribution in [0, 0.1) is 0 Å². The van der Waals surface area contributed by atoms with E-state index >= 15 is 0 Å². The molecule has 0 aromatic heterocycles. The second-order valence-electron chi connectivity index (χ2n) is 6.92. The van der Waals surface area contributed by atoms with Crippen molar-refractivity contribution < 1.29 is 9.59 Å². The van der Waals surface area contributed by atoms with Gasteiger partial charge in [-0.05, 0) is 55.0 Å². The molecule has 1 saturated heterocycles. The topological polar surface area (TPSA) is 61.4 Å². The molecule has 26 heavy (non-hydrogen) atoms. The van der Waals surface area contributed by atoms with Crippen molar-refractivity contribution in [3.05, 3.63) is 59.7 Å². The summed E-state index contributed by atoms with van der Waals surface area (Å²) in [5.74, 6) is -0.0840.